The topological polar surface area (TPSA) is 72.6 Å². The summed E-state index contributed by atoms with van der Waals surface area (Å²) in [6.45, 7) is 4.10. The number of cyclic esters (lactones) is 1. The number of halogens is 2. The van der Waals surface area contributed by atoms with Crippen molar-refractivity contribution in [2.45, 2.75) is 38.3 Å². The van der Waals surface area contributed by atoms with Crippen molar-refractivity contribution in [2.24, 2.45) is 11.7 Å². The van der Waals surface area contributed by atoms with Gasteiger partial charge in [-0.15, -0.1) is 0 Å². The molecule has 5 nitrogen and oxygen atoms in total. The first-order valence-corrected chi connectivity index (χ1v) is 10.3. The summed E-state index contributed by atoms with van der Waals surface area (Å²) < 4.78 is 20.3. The van der Waals surface area contributed by atoms with Gasteiger partial charge in [0.05, 0.1) is 6.04 Å². The van der Waals surface area contributed by atoms with Crippen LogP contribution in [0.25, 0.3) is 0 Å². The third-order valence-electron chi connectivity index (χ3n) is 5.59. The molecule has 0 bridgehead atoms. The SMILES string of the molecule is CC(C[C@@]1(c2ccc(F)cc2)CCN([C@@H](C)c2ccc(Br)cc2)C(=O)O1)C(N)=O. The Bertz CT molecular complexity index is 888. The highest BCUT2D eigenvalue weighted by atomic mass is 79.9. The van der Waals surface area contributed by atoms with Crippen molar-refractivity contribution in [3.63, 3.8) is 0 Å². The van der Waals surface area contributed by atoms with Gasteiger partial charge in [0.2, 0.25) is 5.91 Å². The van der Waals surface area contributed by atoms with E-state index < -0.39 is 23.5 Å². The maximum atomic E-state index is 13.4. The van der Waals surface area contributed by atoms with Crippen LogP contribution in [0.2, 0.25) is 0 Å². The highest BCUT2D eigenvalue weighted by Gasteiger charge is 2.45. The van der Waals surface area contributed by atoms with Gasteiger partial charge in [0, 0.05) is 29.8 Å². The van der Waals surface area contributed by atoms with Crippen LogP contribution in [0.4, 0.5) is 9.18 Å². The number of carbonyl (C=O) groups is 2. The van der Waals surface area contributed by atoms with E-state index >= 15 is 0 Å². The maximum absolute atomic E-state index is 13.4. The highest BCUT2D eigenvalue weighted by Crippen LogP contribution is 2.41. The summed E-state index contributed by atoms with van der Waals surface area (Å²) >= 11 is 3.41. The van der Waals surface area contributed by atoms with Crippen LogP contribution < -0.4 is 5.73 Å². The molecule has 29 heavy (non-hydrogen) atoms. The average Bonchev–Trinajstić information content (AvgIpc) is 2.68. The van der Waals surface area contributed by atoms with Crippen molar-refractivity contribution in [2.75, 3.05) is 6.54 Å². The van der Waals surface area contributed by atoms with Gasteiger partial charge in [0.25, 0.3) is 0 Å². The molecule has 7 heteroatoms. The van der Waals surface area contributed by atoms with E-state index in [2.05, 4.69) is 15.9 Å². The van der Waals surface area contributed by atoms with Crippen LogP contribution in [-0.2, 0) is 15.1 Å². The molecule has 2 aromatic rings. The van der Waals surface area contributed by atoms with Gasteiger partial charge < -0.3 is 15.4 Å². The first-order valence-electron chi connectivity index (χ1n) is 9.52. The molecular weight excluding hydrogens is 439 g/mol. The molecular formula is C22H24BrFN2O3. The highest BCUT2D eigenvalue weighted by molar-refractivity contribution is 9.10. The maximum Gasteiger partial charge on any atom is 0.411 e. The Hall–Kier alpha value is -2.41. The number of hydrogen-bond donors (Lipinski definition) is 1. The van der Waals surface area contributed by atoms with Gasteiger partial charge in [-0.05, 0) is 42.3 Å². The number of rotatable bonds is 6. The fourth-order valence-electron chi connectivity index (χ4n) is 3.76. The molecule has 0 saturated carbocycles. The molecule has 3 atom stereocenters. The summed E-state index contributed by atoms with van der Waals surface area (Å²) in [5.41, 5.74) is 6.09. The number of primary amides is 1. The minimum Gasteiger partial charge on any atom is -0.438 e. The standard InChI is InChI=1S/C22H24BrFN2O3/c1-14(20(25)27)13-22(17-5-9-19(24)10-6-17)11-12-26(21(28)29-22)15(2)16-3-7-18(23)8-4-16/h3-10,14-15H,11-13H2,1-2H3,(H2,25,27)/t14?,15-,22+/m0/s1. The Balaban J connectivity index is 1.87. The van der Waals surface area contributed by atoms with E-state index in [0.717, 1.165) is 10.0 Å². The fourth-order valence-corrected chi connectivity index (χ4v) is 4.02. The second kappa shape index (κ2) is 8.53. The molecule has 3 rings (SSSR count). The van der Waals surface area contributed by atoms with E-state index in [-0.39, 0.29) is 18.3 Å². The second-order valence-electron chi connectivity index (χ2n) is 7.55. The summed E-state index contributed by atoms with van der Waals surface area (Å²) in [7, 11) is 0. The van der Waals surface area contributed by atoms with Gasteiger partial charge in [-0.3, -0.25) is 4.79 Å². The van der Waals surface area contributed by atoms with Crippen molar-refractivity contribution in [3.05, 3.63) is 69.9 Å². The number of ether oxygens (including phenoxy) is 1. The molecule has 1 aliphatic heterocycles. The summed E-state index contributed by atoms with van der Waals surface area (Å²) in [4.78, 5) is 26.3. The molecule has 1 unspecified atom stereocenters. The summed E-state index contributed by atoms with van der Waals surface area (Å²) in [5, 5.41) is 0. The quantitative estimate of drug-likeness (QED) is 0.663. The molecule has 1 fully saturated rings. The summed E-state index contributed by atoms with van der Waals surface area (Å²) in [6, 6.07) is 13.5. The van der Waals surface area contributed by atoms with Crippen LogP contribution in [0, 0.1) is 11.7 Å². The number of carbonyl (C=O) groups excluding carboxylic acids is 2. The number of amides is 2. The third-order valence-corrected chi connectivity index (χ3v) is 6.11. The Morgan fingerprint density at radius 2 is 1.83 bits per heavy atom. The number of benzene rings is 2. The molecule has 0 aliphatic carbocycles. The molecule has 1 aliphatic rings. The Labute approximate surface area is 178 Å². The summed E-state index contributed by atoms with van der Waals surface area (Å²) in [5.74, 6) is -1.34. The van der Waals surface area contributed by atoms with Crippen LogP contribution in [0.1, 0.15) is 43.9 Å². The van der Waals surface area contributed by atoms with E-state index in [1.807, 2.05) is 31.2 Å². The van der Waals surface area contributed by atoms with Crippen LogP contribution in [0.5, 0.6) is 0 Å². The zero-order valence-corrected chi connectivity index (χ0v) is 18.0. The van der Waals surface area contributed by atoms with Crippen LogP contribution in [0.3, 0.4) is 0 Å². The zero-order chi connectivity index (χ0) is 21.2. The number of nitrogens with two attached hydrogens (primary N) is 1. The van der Waals surface area contributed by atoms with Crippen LogP contribution >= 0.6 is 15.9 Å². The largest absolute Gasteiger partial charge is 0.438 e. The van der Waals surface area contributed by atoms with E-state index in [1.165, 1.54) is 12.1 Å². The molecule has 1 heterocycles. The average molecular weight is 463 g/mol. The van der Waals surface area contributed by atoms with Crippen molar-refractivity contribution in [1.29, 1.82) is 0 Å². The lowest BCUT2D eigenvalue weighted by Crippen LogP contribution is -2.50. The monoisotopic (exact) mass is 462 g/mol. The Morgan fingerprint density at radius 3 is 2.38 bits per heavy atom. The first-order chi connectivity index (χ1) is 13.7. The van der Waals surface area contributed by atoms with Crippen molar-refractivity contribution in [1.82, 2.24) is 4.90 Å². The molecule has 154 valence electrons. The van der Waals surface area contributed by atoms with Gasteiger partial charge >= 0.3 is 6.09 Å². The van der Waals surface area contributed by atoms with Gasteiger partial charge in [0.15, 0.2) is 0 Å². The van der Waals surface area contributed by atoms with Crippen LogP contribution in [-0.4, -0.2) is 23.4 Å². The molecule has 2 amide bonds. The van der Waals surface area contributed by atoms with Crippen molar-refractivity contribution in [3.8, 4) is 0 Å². The van der Waals surface area contributed by atoms with Gasteiger partial charge in [0.1, 0.15) is 11.4 Å². The predicted octanol–water partition coefficient (Wildman–Crippen LogP) is 4.90. The van der Waals surface area contributed by atoms with E-state index in [9.17, 15) is 14.0 Å². The van der Waals surface area contributed by atoms with Crippen molar-refractivity contribution < 1.29 is 18.7 Å². The van der Waals surface area contributed by atoms with E-state index in [1.54, 1.807) is 24.0 Å². The van der Waals surface area contributed by atoms with Gasteiger partial charge in [-0.25, -0.2) is 9.18 Å². The van der Waals surface area contributed by atoms with Crippen molar-refractivity contribution >= 4 is 27.9 Å². The molecule has 0 aromatic heterocycles. The summed E-state index contributed by atoms with van der Waals surface area (Å²) in [6.07, 6.45) is 0.260. The molecule has 1 saturated heterocycles. The molecule has 2 N–H and O–H groups in total. The van der Waals surface area contributed by atoms with Gasteiger partial charge in [-0.2, -0.15) is 0 Å². The Morgan fingerprint density at radius 1 is 1.21 bits per heavy atom. The number of nitrogens with zero attached hydrogens (tertiary/aromatic N) is 1. The second-order valence-corrected chi connectivity index (χ2v) is 8.46. The minimum absolute atomic E-state index is 0.171. The smallest absolute Gasteiger partial charge is 0.411 e. The first kappa shape index (κ1) is 21.3. The normalized spacial score (nSPS) is 21.4. The lowest BCUT2D eigenvalue weighted by Gasteiger charge is -2.44. The molecule has 2 aromatic carbocycles. The Kier molecular flexibility index (Phi) is 6.27. The fraction of sp³-hybridized carbons (Fsp3) is 0.364. The van der Waals surface area contributed by atoms with E-state index in [4.69, 9.17) is 10.5 Å². The molecule has 0 radical (unpaired) electrons. The van der Waals surface area contributed by atoms with Gasteiger partial charge in [-0.1, -0.05) is 47.1 Å². The predicted molar refractivity (Wildman–Crippen MR) is 111 cm³/mol. The minimum atomic E-state index is -1.02. The number of hydrogen-bond acceptors (Lipinski definition) is 3. The lowest BCUT2D eigenvalue weighted by molar-refractivity contribution is -0.126. The lowest BCUT2D eigenvalue weighted by atomic mass is 9.81. The van der Waals surface area contributed by atoms with Crippen LogP contribution in [0.15, 0.2) is 53.0 Å². The third kappa shape index (κ3) is 4.61. The van der Waals surface area contributed by atoms with E-state index in [0.29, 0.717) is 18.5 Å². The molecule has 0 spiro atoms. The zero-order valence-electron chi connectivity index (χ0n) is 16.4.